The van der Waals surface area contributed by atoms with Gasteiger partial charge in [0.2, 0.25) is 5.91 Å². The average molecular weight is 382 g/mol. The van der Waals surface area contributed by atoms with Crippen LogP contribution >= 0.6 is 23.2 Å². The van der Waals surface area contributed by atoms with Gasteiger partial charge in [0.05, 0.1) is 11.6 Å². The van der Waals surface area contributed by atoms with Crippen LogP contribution in [0.15, 0.2) is 42.7 Å². The van der Waals surface area contributed by atoms with Gasteiger partial charge in [0.25, 0.3) is 6.35 Å². The maximum absolute atomic E-state index is 11.8. The van der Waals surface area contributed by atoms with Crippen molar-refractivity contribution >= 4 is 34.8 Å². The molecule has 1 aliphatic heterocycles. The van der Waals surface area contributed by atoms with Crippen LogP contribution in [0.1, 0.15) is 18.8 Å². The molecular weight excluding hydrogens is 365 g/mol. The molecule has 2 atom stereocenters. The number of ether oxygens (including phenoxy) is 1. The van der Waals surface area contributed by atoms with Crippen LogP contribution in [0.25, 0.3) is 5.70 Å². The fourth-order valence-corrected chi connectivity index (χ4v) is 2.99. The molecule has 1 aromatic carbocycles. The quantitative estimate of drug-likeness (QED) is 0.776. The average Bonchev–Trinajstić information content (AvgIpc) is 3.23. The number of alkyl halides is 1. The van der Waals surface area contributed by atoms with Crippen molar-refractivity contribution in [1.82, 2.24) is 19.7 Å². The van der Waals surface area contributed by atoms with Crippen LogP contribution in [-0.4, -0.2) is 38.0 Å². The lowest BCUT2D eigenvalue weighted by Gasteiger charge is -2.26. The summed E-state index contributed by atoms with van der Waals surface area (Å²) in [5.41, 5.74) is 7.10. The van der Waals surface area contributed by atoms with E-state index in [0.29, 0.717) is 23.2 Å². The number of benzene rings is 1. The number of carbonyl (C=O) groups excluding carboxylic acids is 1. The third kappa shape index (κ3) is 3.43. The molecule has 0 spiro atoms. The molecule has 0 aliphatic carbocycles. The molecular formula is C16H17Cl2N5O2. The van der Waals surface area contributed by atoms with Crippen molar-refractivity contribution in [2.24, 2.45) is 11.7 Å². The van der Waals surface area contributed by atoms with Crippen molar-refractivity contribution < 1.29 is 9.53 Å². The third-order valence-corrected chi connectivity index (χ3v) is 4.37. The van der Waals surface area contributed by atoms with Gasteiger partial charge in [-0.2, -0.15) is 9.78 Å². The number of hydrogen-bond acceptors (Lipinski definition) is 5. The number of aromatic nitrogens is 3. The van der Waals surface area contributed by atoms with Gasteiger partial charge in [0.15, 0.2) is 0 Å². The van der Waals surface area contributed by atoms with E-state index >= 15 is 0 Å². The second kappa shape index (κ2) is 7.33. The number of nitrogens with two attached hydrogens (primary N) is 1. The molecule has 0 radical (unpaired) electrons. The number of hydrogen-bond donors (Lipinski definition) is 1. The number of carbonyl (C=O) groups is 1. The first-order valence-electron chi connectivity index (χ1n) is 7.65. The molecule has 0 saturated carbocycles. The minimum atomic E-state index is -0.614. The van der Waals surface area contributed by atoms with Crippen LogP contribution in [0.3, 0.4) is 0 Å². The van der Waals surface area contributed by atoms with E-state index in [-0.39, 0.29) is 0 Å². The molecule has 25 heavy (non-hydrogen) atoms. The van der Waals surface area contributed by atoms with Gasteiger partial charge < -0.3 is 15.4 Å². The molecule has 132 valence electrons. The lowest BCUT2D eigenvalue weighted by Crippen LogP contribution is -2.30. The van der Waals surface area contributed by atoms with Crippen LogP contribution in [0.4, 0.5) is 0 Å². The van der Waals surface area contributed by atoms with Crippen LogP contribution in [0.5, 0.6) is 0 Å². The molecule has 1 amide bonds. The highest BCUT2D eigenvalue weighted by Gasteiger charge is 2.39. The van der Waals surface area contributed by atoms with Crippen molar-refractivity contribution in [3.8, 4) is 0 Å². The first-order chi connectivity index (χ1) is 12.0. The summed E-state index contributed by atoms with van der Waals surface area (Å²) in [5.74, 6) is -0.256. The summed E-state index contributed by atoms with van der Waals surface area (Å²) in [7, 11) is 0. The standard InChI is InChI=1S/C16H17Cl2N5O2/c1-10(15(19)24)14-13(11-2-4-12(18)5-3-11)22(7-6-17)16(25-14)23-9-20-8-21-23/h2-5,8-10,16H,6-7H2,1H3,(H2,19,24). The summed E-state index contributed by atoms with van der Waals surface area (Å²) < 4.78 is 7.62. The first-order valence-corrected chi connectivity index (χ1v) is 8.57. The highest BCUT2D eigenvalue weighted by Crippen LogP contribution is 2.41. The largest absolute Gasteiger partial charge is 0.452 e. The number of amides is 1. The van der Waals surface area contributed by atoms with Gasteiger partial charge in [-0.3, -0.25) is 4.79 Å². The SMILES string of the molecule is CC(C(N)=O)C1=C(c2ccc(Cl)cc2)N(CCCl)C(n2cncn2)O1. The van der Waals surface area contributed by atoms with E-state index in [9.17, 15) is 4.79 Å². The van der Waals surface area contributed by atoms with Gasteiger partial charge in [-0.15, -0.1) is 11.6 Å². The van der Waals surface area contributed by atoms with E-state index in [2.05, 4.69) is 10.1 Å². The molecule has 2 unspecified atom stereocenters. The number of nitrogens with zero attached hydrogens (tertiary/aromatic N) is 4. The maximum atomic E-state index is 11.8. The molecule has 2 heterocycles. The van der Waals surface area contributed by atoms with Crippen molar-refractivity contribution in [3.63, 3.8) is 0 Å². The second-order valence-electron chi connectivity index (χ2n) is 5.55. The van der Waals surface area contributed by atoms with Crippen molar-refractivity contribution in [2.45, 2.75) is 13.3 Å². The monoisotopic (exact) mass is 381 g/mol. The van der Waals surface area contributed by atoms with E-state index in [1.807, 2.05) is 17.0 Å². The normalized spacial score (nSPS) is 18.4. The zero-order valence-corrected chi connectivity index (χ0v) is 15.0. The second-order valence-corrected chi connectivity index (χ2v) is 6.36. The number of primary amides is 1. The molecule has 0 saturated heterocycles. The molecule has 7 nitrogen and oxygen atoms in total. The summed E-state index contributed by atoms with van der Waals surface area (Å²) in [6, 6.07) is 7.27. The summed E-state index contributed by atoms with van der Waals surface area (Å²) in [6.45, 7) is 2.19. The highest BCUT2D eigenvalue weighted by molar-refractivity contribution is 6.30. The Kier molecular flexibility index (Phi) is 5.15. The lowest BCUT2D eigenvalue weighted by molar-refractivity contribution is -0.122. The minimum absolute atomic E-state index is 0.365. The predicted octanol–water partition coefficient (Wildman–Crippen LogP) is 2.45. The summed E-state index contributed by atoms with van der Waals surface area (Å²) in [4.78, 5) is 17.7. The molecule has 1 aliphatic rings. The van der Waals surface area contributed by atoms with Gasteiger partial charge in [0.1, 0.15) is 18.4 Å². The van der Waals surface area contributed by atoms with Gasteiger partial charge in [0, 0.05) is 23.0 Å². The van der Waals surface area contributed by atoms with E-state index in [0.717, 1.165) is 11.3 Å². The van der Waals surface area contributed by atoms with Gasteiger partial charge >= 0.3 is 0 Å². The Labute approximate surface area is 155 Å². The Morgan fingerprint density at radius 2 is 2.12 bits per heavy atom. The smallest absolute Gasteiger partial charge is 0.273 e. The third-order valence-electron chi connectivity index (χ3n) is 3.95. The summed E-state index contributed by atoms with van der Waals surface area (Å²) >= 11 is 12.0. The van der Waals surface area contributed by atoms with E-state index in [4.69, 9.17) is 33.7 Å². The molecule has 3 rings (SSSR count). The van der Waals surface area contributed by atoms with Crippen molar-refractivity contribution in [3.05, 3.63) is 53.3 Å². The molecule has 9 heteroatoms. The molecule has 0 fully saturated rings. The summed E-state index contributed by atoms with van der Waals surface area (Å²) in [5, 5.41) is 4.76. The molecule has 0 bridgehead atoms. The maximum Gasteiger partial charge on any atom is 0.273 e. The zero-order valence-electron chi connectivity index (χ0n) is 13.5. The van der Waals surface area contributed by atoms with E-state index < -0.39 is 18.2 Å². The number of halogens is 2. The van der Waals surface area contributed by atoms with E-state index in [1.54, 1.807) is 30.1 Å². The van der Waals surface area contributed by atoms with Crippen LogP contribution in [0, 0.1) is 5.92 Å². The van der Waals surface area contributed by atoms with Crippen LogP contribution in [0.2, 0.25) is 5.02 Å². The fourth-order valence-electron chi connectivity index (χ4n) is 2.68. The number of rotatable bonds is 6. The molecule has 1 aromatic heterocycles. The Morgan fingerprint density at radius 3 is 2.68 bits per heavy atom. The van der Waals surface area contributed by atoms with Gasteiger partial charge in [-0.05, 0) is 19.1 Å². The Balaban J connectivity index is 2.10. The Bertz CT molecular complexity index is 776. The minimum Gasteiger partial charge on any atom is -0.452 e. The van der Waals surface area contributed by atoms with Gasteiger partial charge in [-0.25, -0.2) is 4.98 Å². The fraction of sp³-hybridized carbons (Fsp3) is 0.312. The lowest BCUT2D eigenvalue weighted by atomic mass is 10.0. The van der Waals surface area contributed by atoms with Crippen LogP contribution in [-0.2, 0) is 9.53 Å². The highest BCUT2D eigenvalue weighted by atomic mass is 35.5. The summed E-state index contributed by atoms with van der Waals surface area (Å²) in [6.07, 6.45) is 2.37. The Hall–Kier alpha value is -2.25. The zero-order chi connectivity index (χ0) is 18.0. The van der Waals surface area contributed by atoms with Gasteiger partial charge in [-0.1, -0.05) is 23.7 Å². The first kappa shape index (κ1) is 17.6. The van der Waals surface area contributed by atoms with Crippen molar-refractivity contribution in [1.29, 1.82) is 0 Å². The topological polar surface area (TPSA) is 86.3 Å². The van der Waals surface area contributed by atoms with E-state index in [1.165, 1.54) is 6.33 Å². The van der Waals surface area contributed by atoms with Crippen molar-refractivity contribution in [2.75, 3.05) is 12.4 Å². The van der Waals surface area contributed by atoms with Crippen LogP contribution < -0.4 is 5.73 Å². The Morgan fingerprint density at radius 1 is 1.40 bits per heavy atom. The molecule has 2 aromatic rings. The predicted molar refractivity (Wildman–Crippen MR) is 94.3 cm³/mol. The molecule has 2 N–H and O–H groups in total.